The number of methoxy groups -OCH3 is 1. The number of carbonyl (C=O) groups excluding carboxylic acids is 1. The first kappa shape index (κ1) is 18.4. The van der Waals surface area contributed by atoms with Crippen molar-refractivity contribution in [2.24, 2.45) is 0 Å². The highest BCUT2D eigenvalue weighted by Crippen LogP contribution is 2.38. The second-order valence-electron chi connectivity index (χ2n) is 4.49. The number of alkyl halides is 3. The third kappa shape index (κ3) is 3.59. The number of esters is 1. The van der Waals surface area contributed by atoms with Crippen molar-refractivity contribution in [1.82, 2.24) is 9.78 Å². The predicted octanol–water partition coefficient (Wildman–Crippen LogP) is 4.38. The smallest absolute Gasteiger partial charge is 0.416 e. The van der Waals surface area contributed by atoms with Gasteiger partial charge in [-0.15, -0.1) is 0 Å². The van der Waals surface area contributed by atoms with E-state index in [4.69, 9.17) is 32.7 Å². The van der Waals surface area contributed by atoms with Gasteiger partial charge in [0.2, 0.25) is 5.88 Å². The fourth-order valence-corrected chi connectivity index (χ4v) is 2.55. The molecule has 2 rings (SSSR count). The van der Waals surface area contributed by atoms with Gasteiger partial charge in [-0.05, 0) is 19.1 Å². The van der Waals surface area contributed by atoms with Crippen molar-refractivity contribution < 1.29 is 27.4 Å². The Morgan fingerprint density at radius 3 is 2.29 bits per heavy atom. The van der Waals surface area contributed by atoms with Crippen molar-refractivity contribution in [3.63, 3.8) is 0 Å². The number of benzene rings is 1. The summed E-state index contributed by atoms with van der Waals surface area (Å²) in [5.41, 5.74) is -1.14. The lowest BCUT2D eigenvalue weighted by atomic mass is 10.2. The molecule has 1 heterocycles. The van der Waals surface area contributed by atoms with Gasteiger partial charge in [-0.3, -0.25) is 0 Å². The number of nitrogens with zero attached hydrogens (tertiary/aromatic N) is 2. The molecule has 0 unspecified atom stereocenters. The summed E-state index contributed by atoms with van der Waals surface area (Å²) >= 11 is 11.9. The molecule has 1 aromatic heterocycles. The van der Waals surface area contributed by atoms with Crippen molar-refractivity contribution in [1.29, 1.82) is 0 Å². The van der Waals surface area contributed by atoms with Crippen LogP contribution in [0.25, 0.3) is 5.69 Å². The maximum atomic E-state index is 12.8. The molecule has 1 aromatic carbocycles. The Bertz CT molecular complexity index is 752. The number of carbonyl (C=O) groups is 1. The molecule has 0 saturated carbocycles. The topological polar surface area (TPSA) is 53.4 Å². The van der Waals surface area contributed by atoms with Gasteiger partial charge in [-0.1, -0.05) is 23.2 Å². The van der Waals surface area contributed by atoms with E-state index in [-0.39, 0.29) is 33.9 Å². The molecule has 0 radical (unpaired) electrons. The lowest BCUT2D eigenvalue weighted by molar-refractivity contribution is -0.137. The largest absolute Gasteiger partial charge is 0.481 e. The molecule has 0 aliphatic rings. The zero-order chi connectivity index (χ0) is 18.1. The maximum absolute atomic E-state index is 12.8. The van der Waals surface area contributed by atoms with Gasteiger partial charge < -0.3 is 9.47 Å². The van der Waals surface area contributed by atoms with Crippen LogP contribution < -0.4 is 4.74 Å². The summed E-state index contributed by atoms with van der Waals surface area (Å²) in [6.07, 6.45) is -4.60. The molecule has 10 heteroatoms. The summed E-state index contributed by atoms with van der Waals surface area (Å²) in [5, 5.41) is 3.35. The van der Waals surface area contributed by atoms with Crippen LogP contribution in [0.5, 0.6) is 5.88 Å². The average molecular weight is 383 g/mol. The standard InChI is InChI=1S/C14H11Cl2F3N2O3/c1-3-24-13(22)10-6-11(23-2)21(20-10)12-8(15)4-7(5-9(12)16)14(17,18)19/h4-6H,3H2,1-2H3. The van der Waals surface area contributed by atoms with Gasteiger partial charge in [-0.25, -0.2) is 4.79 Å². The molecular formula is C14H11Cl2F3N2O3. The first-order chi connectivity index (χ1) is 11.2. The first-order valence-electron chi connectivity index (χ1n) is 6.56. The minimum atomic E-state index is -4.60. The van der Waals surface area contributed by atoms with Crippen LogP contribution in [0.3, 0.4) is 0 Å². The van der Waals surface area contributed by atoms with E-state index < -0.39 is 17.7 Å². The fraction of sp³-hybridized carbons (Fsp3) is 0.286. The van der Waals surface area contributed by atoms with E-state index >= 15 is 0 Å². The lowest BCUT2D eigenvalue weighted by Gasteiger charge is -2.13. The Kier molecular flexibility index (Phi) is 5.29. The lowest BCUT2D eigenvalue weighted by Crippen LogP contribution is -2.09. The van der Waals surface area contributed by atoms with E-state index in [2.05, 4.69) is 5.10 Å². The molecule has 5 nitrogen and oxygen atoms in total. The Morgan fingerprint density at radius 1 is 1.25 bits per heavy atom. The van der Waals surface area contributed by atoms with Gasteiger partial charge in [0, 0.05) is 6.07 Å². The number of halogens is 5. The summed E-state index contributed by atoms with van der Waals surface area (Å²) in [6, 6.07) is 2.70. The molecule has 0 atom stereocenters. The van der Waals surface area contributed by atoms with Gasteiger partial charge in [0.05, 0.1) is 29.3 Å². The van der Waals surface area contributed by atoms with Crippen LogP contribution in [-0.2, 0) is 10.9 Å². The number of ether oxygens (including phenoxy) is 2. The third-order valence-corrected chi connectivity index (χ3v) is 3.50. The monoisotopic (exact) mass is 382 g/mol. The average Bonchev–Trinajstić information content (AvgIpc) is 2.90. The number of aromatic nitrogens is 2. The molecule has 0 amide bonds. The van der Waals surface area contributed by atoms with Gasteiger partial charge in [-0.2, -0.15) is 23.0 Å². The van der Waals surface area contributed by atoms with Crippen LogP contribution in [0.4, 0.5) is 13.2 Å². The molecule has 0 aliphatic carbocycles. The highest BCUT2D eigenvalue weighted by atomic mass is 35.5. The molecule has 130 valence electrons. The van der Waals surface area contributed by atoms with Crippen molar-refractivity contribution in [2.45, 2.75) is 13.1 Å². The summed E-state index contributed by atoms with van der Waals surface area (Å²) in [4.78, 5) is 11.7. The Balaban J connectivity index is 2.58. The molecule has 0 aliphatic heterocycles. The molecule has 0 saturated heterocycles. The molecule has 0 spiro atoms. The van der Waals surface area contributed by atoms with Crippen LogP contribution >= 0.6 is 23.2 Å². The second-order valence-corrected chi connectivity index (χ2v) is 5.30. The van der Waals surface area contributed by atoms with Crippen molar-refractivity contribution in [2.75, 3.05) is 13.7 Å². The van der Waals surface area contributed by atoms with E-state index in [0.29, 0.717) is 12.1 Å². The molecule has 0 fully saturated rings. The number of hydrogen-bond acceptors (Lipinski definition) is 4. The van der Waals surface area contributed by atoms with E-state index in [1.54, 1.807) is 6.92 Å². The highest BCUT2D eigenvalue weighted by molar-refractivity contribution is 6.37. The number of hydrogen-bond donors (Lipinski definition) is 0. The van der Waals surface area contributed by atoms with Crippen LogP contribution in [0.1, 0.15) is 23.0 Å². The normalized spacial score (nSPS) is 11.5. The van der Waals surface area contributed by atoms with Gasteiger partial charge in [0.25, 0.3) is 0 Å². The fourth-order valence-electron chi connectivity index (χ4n) is 1.91. The van der Waals surface area contributed by atoms with Crippen LogP contribution in [-0.4, -0.2) is 29.5 Å². The molecule has 0 bridgehead atoms. The Hall–Kier alpha value is -1.93. The minimum absolute atomic E-state index is 0.0428. The van der Waals surface area contributed by atoms with E-state index in [0.717, 1.165) is 4.68 Å². The summed E-state index contributed by atoms with van der Waals surface area (Å²) in [6.45, 7) is 1.76. The maximum Gasteiger partial charge on any atom is 0.416 e. The van der Waals surface area contributed by atoms with Gasteiger partial charge >= 0.3 is 12.1 Å². The van der Waals surface area contributed by atoms with Gasteiger partial charge in [0.1, 0.15) is 5.69 Å². The molecule has 24 heavy (non-hydrogen) atoms. The van der Waals surface area contributed by atoms with E-state index in [9.17, 15) is 18.0 Å². The molecular weight excluding hydrogens is 372 g/mol. The van der Waals surface area contributed by atoms with Crippen LogP contribution in [0, 0.1) is 0 Å². The third-order valence-electron chi connectivity index (χ3n) is 2.93. The van der Waals surface area contributed by atoms with Crippen molar-refractivity contribution >= 4 is 29.2 Å². The van der Waals surface area contributed by atoms with Crippen LogP contribution in [0.15, 0.2) is 18.2 Å². The van der Waals surface area contributed by atoms with Crippen LogP contribution in [0.2, 0.25) is 10.0 Å². The first-order valence-corrected chi connectivity index (χ1v) is 7.32. The zero-order valence-electron chi connectivity index (χ0n) is 12.4. The molecule has 0 N–H and O–H groups in total. The van der Waals surface area contributed by atoms with E-state index in [1.807, 2.05) is 0 Å². The summed E-state index contributed by atoms with van der Waals surface area (Å²) < 4.78 is 49.3. The summed E-state index contributed by atoms with van der Waals surface area (Å²) in [7, 11) is 1.30. The quantitative estimate of drug-likeness (QED) is 0.736. The van der Waals surface area contributed by atoms with Crippen molar-refractivity contribution in [3.05, 3.63) is 39.5 Å². The van der Waals surface area contributed by atoms with Gasteiger partial charge in [0.15, 0.2) is 5.69 Å². The second kappa shape index (κ2) is 6.90. The zero-order valence-corrected chi connectivity index (χ0v) is 14.0. The molecule has 2 aromatic rings. The highest BCUT2D eigenvalue weighted by Gasteiger charge is 2.32. The number of rotatable bonds is 4. The Morgan fingerprint density at radius 2 is 1.83 bits per heavy atom. The van der Waals surface area contributed by atoms with Crippen molar-refractivity contribution in [3.8, 4) is 11.6 Å². The van der Waals surface area contributed by atoms with E-state index in [1.165, 1.54) is 13.2 Å². The predicted molar refractivity (Wildman–Crippen MR) is 81.1 cm³/mol. The minimum Gasteiger partial charge on any atom is -0.481 e. The summed E-state index contributed by atoms with van der Waals surface area (Å²) in [5.74, 6) is -0.657. The SMILES string of the molecule is CCOC(=O)c1cc(OC)n(-c2c(Cl)cc(C(F)(F)F)cc2Cl)n1. The Labute approximate surface area is 144 Å².